The summed E-state index contributed by atoms with van der Waals surface area (Å²) in [7, 11) is -3.45. The van der Waals surface area contributed by atoms with Crippen LogP contribution in [0.3, 0.4) is 0 Å². The van der Waals surface area contributed by atoms with Gasteiger partial charge in [0.25, 0.3) is 0 Å². The molecule has 1 amide bonds. The van der Waals surface area contributed by atoms with Gasteiger partial charge in [-0.05, 0) is 36.8 Å². The number of sulfonamides is 1. The minimum absolute atomic E-state index is 0.0185. The smallest absolute Gasteiger partial charge is 0.244 e. The highest BCUT2D eigenvalue weighted by Gasteiger charge is 2.57. The molecule has 1 saturated carbocycles. The van der Waals surface area contributed by atoms with Crippen molar-refractivity contribution in [3.05, 3.63) is 29.8 Å². The topological polar surface area (TPSA) is 57.7 Å². The van der Waals surface area contributed by atoms with Gasteiger partial charge in [0.1, 0.15) is 0 Å². The summed E-state index contributed by atoms with van der Waals surface area (Å²) in [5.74, 6) is 0.498. The molecule has 3 aliphatic rings. The van der Waals surface area contributed by atoms with Gasteiger partial charge in [-0.25, -0.2) is 8.42 Å². The third-order valence-corrected chi connectivity index (χ3v) is 7.24. The van der Waals surface area contributed by atoms with Crippen LogP contribution in [0.1, 0.15) is 31.7 Å². The molecule has 1 aromatic rings. The van der Waals surface area contributed by atoms with E-state index in [0.717, 1.165) is 18.4 Å². The molecule has 1 saturated heterocycles. The molecule has 1 aliphatic carbocycles. The Kier molecular flexibility index (Phi) is 2.94. The number of benzene rings is 1. The van der Waals surface area contributed by atoms with Crippen molar-refractivity contribution in [2.45, 2.75) is 36.6 Å². The number of carbonyl (C=O) groups excluding carboxylic acids is 1. The first-order chi connectivity index (χ1) is 10.4. The van der Waals surface area contributed by atoms with Gasteiger partial charge in [-0.1, -0.05) is 18.2 Å². The van der Waals surface area contributed by atoms with Crippen LogP contribution >= 0.6 is 0 Å². The number of likely N-dealkylation sites (tertiary alicyclic amines) is 1. The van der Waals surface area contributed by atoms with Gasteiger partial charge in [-0.2, -0.15) is 4.31 Å². The van der Waals surface area contributed by atoms with Crippen LogP contribution in [0.15, 0.2) is 29.2 Å². The van der Waals surface area contributed by atoms with Crippen LogP contribution in [-0.4, -0.2) is 43.2 Å². The van der Waals surface area contributed by atoms with Crippen molar-refractivity contribution in [1.82, 2.24) is 9.21 Å². The highest BCUT2D eigenvalue weighted by Crippen LogP contribution is 2.50. The van der Waals surface area contributed by atoms with E-state index in [-0.39, 0.29) is 5.91 Å². The van der Waals surface area contributed by atoms with Gasteiger partial charge in [0, 0.05) is 26.6 Å². The quantitative estimate of drug-likeness (QED) is 0.831. The van der Waals surface area contributed by atoms with Crippen molar-refractivity contribution in [3.63, 3.8) is 0 Å². The second-order valence-electron chi connectivity index (χ2n) is 6.70. The highest BCUT2D eigenvalue weighted by molar-refractivity contribution is 7.89. The van der Waals surface area contributed by atoms with Gasteiger partial charge in [-0.3, -0.25) is 4.79 Å². The standard InChI is InChI=1S/C16H20N2O3S/c1-12(19)17-9-8-16(11-17)14-4-2-3-5-15(14)22(20,21)18(16)10-13-6-7-13/h2-5,13H,6-11H2,1H3. The van der Waals surface area contributed by atoms with Crippen LogP contribution in [0, 0.1) is 5.92 Å². The summed E-state index contributed by atoms with van der Waals surface area (Å²) in [6, 6.07) is 7.30. The van der Waals surface area contributed by atoms with E-state index in [1.165, 1.54) is 0 Å². The van der Waals surface area contributed by atoms with Crippen LogP contribution < -0.4 is 0 Å². The molecule has 2 aliphatic heterocycles. The normalized spacial score (nSPS) is 30.0. The zero-order valence-corrected chi connectivity index (χ0v) is 13.5. The van der Waals surface area contributed by atoms with Crippen molar-refractivity contribution in [2.24, 2.45) is 5.92 Å². The van der Waals surface area contributed by atoms with Crippen LogP contribution in [-0.2, 0) is 20.4 Å². The molecule has 0 N–H and O–H groups in total. The lowest BCUT2D eigenvalue weighted by Gasteiger charge is -2.34. The third-order valence-electron chi connectivity index (χ3n) is 5.25. The summed E-state index contributed by atoms with van der Waals surface area (Å²) in [6.07, 6.45) is 2.90. The highest BCUT2D eigenvalue weighted by atomic mass is 32.2. The molecule has 6 heteroatoms. The molecule has 0 aromatic heterocycles. The monoisotopic (exact) mass is 320 g/mol. The Balaban J connectivity index is 1.84. The van der Waals surface area contributed by atoms with Crippen molar-refractivity contribution < 1.29 is 13.2 Å². The summed E-state index contributed by atoms with van der Waals surface area (Å²) in [6.45, 7) is 3.24. The first kappa shape index (κ1) is 14.2. The molecule has 1 aromatic carbocycles. The Labute approximate surface area is 131 Å². The van der Waals surface area contributed by atoms with E-state index in [1.807, 2.05) is 12.1 Å². The fourth-order valence-corrected chi connectivity index (χ4v) is 5.99. The Hall–Kier alpha value is -1.40. The molecule has 5 nitrogen and oxygen atoms in total. The number of carbonyl (C=O) groups is 1. The third kappa shape index (κ3) is 1.86. The largest absolute Gasteiger partial charge is 0.341 e. The van der Waals surface area contributed by atoms with E-state index >= 15 is 0 Å². The molecule has 2 fully saturated rings. The maximum absolute atomic E-state index is 13.0. The molecule has 0 radical (unpaired) electrons. The SMILES string of the molecule is CC(=O)N1CCC2(C1)c1ccccc1S(=O)(=O)N2CC1CC1. The average Bonchev–Trinajstić information content (AvgIpc) is 3.17. The van der Waals surface area contributed by atoms with E-state index in [4.69, 9.17) is 0 Å². The van der Waals surface area contributed by atoms with Gasteiger partial charge < -0.3 is 4.90 Å². The van der Waals surface area contributed by atoms with Crippen LogP contribution in [0.2, 0.25) is 0 Å². The van der Waals surface area contributed by atoms with Gasteiger partial charge in [0.2, 0.25) is 15.9 Å². The molecule has 2 heterocycles. The van der Waals surface area contributed by atoms with Gasteiger partial charge >= 0.3 is 0 Å². The van der Waals surface area contributed by atoms with Crippen molar-refractivity contribution in [1.29, 1.82) is 0 Å². The lowest BCUT2D eigenvalue weighted by Crippen LogP contribution is -2.47. The van der Waals surface area contributed by atoms with E-state index in [1.54, 1.807) is 28.3 Å². The minimum atomic E-state index is -3.45. The molecule has 118 valence electrons. The summed E-state index contributed by atoms with van der Waals surface area (Å²) in [5.41, 5.74) is 0.323. The maximum atomic E-state index is 13.0. The van der Waals surface area contributed by atoms with E-state index in [9.17, 15) is 13.2 Å². The predicted octanol–water partition coefficient (Wildman–Crippen LogP) is 1.55. The van der Waals surface area contributed by atoms with E-state index in [2.05, 4.69) is 0 Å². The van der Waals surface area contributed by atoms with Gasteiger partial charge in [0.05, 0.1) is 10.4 Å². The minimum Gasteiger partial charge on any atom is -0.341 e. The Bertz CT molecular complexity index is 742. The molecule has 22 heavy (non-hydrogen) atoms. The first-order valence-electron chi connectivity index (χ1n) is 7.83. The number of amides is 1. The second-order valence-corrected chi connectivity index (χ2v) is 8.53. The van der Waals surface area contributed by atoms with E-state index < -0.39 is 15.6 Å². The summed E-state index contributed by atoms with van der Waals surface area (Å²) in [4.78, 5) is 14.0. The molecular weight excluding hydrogens is 300 g/mol. The maximum Gasteiger partial charge on any atom is 0.244 e. The average molecular weight is 320 g/mol. The number of rotatable bonds is 2. The fourth-order valence-electron chi connectivity index (χ4n) is 3.85. The van der Waals surface area contributed by atoms with Crippen molar-refractivity contribution in [3.8, 4) is 0 Å². The number of hydrogen-bond donors (Lipinski definition) is 0. The summed E-state index contributed by atoms with van der Waals surface area (Å²) >= 11 is 0. The van der Waals surface area contributed by atoms with Crippen molar-refractivity contribution in [2.75, 3.05) is 19.6 Å². The van der Waals surface area contributed by atoms with Crippen LogP contribution in [0.4, 0.5) is 0 Å². The Morgan fingerprint density at radius 3 is 2.68 bits per heavy atom. The summed E-state index contributed by atoms with van der Waals surface area (Å²) in [5, 5.41) is 0. The van der Waals surface area contributed by atoms with Crippen LogP contribution in [0.25, 0.3) is 0 Å². The number of hydrogen-bond acceptors (Lipinski definition) is 3. The zero-order valence-electron chi connectivity index (χ0n) is 12.7. The predicted molar refractivity (Wildman–Crippen MR) is 81.6 cm³/mol. The van der Waals surface area contributed by atoms with E-state index in [0.29, 0.717) is 36.9 Å². The zero-order chi connectivity index (χ0) is 15.5. The molecule has 0 bridgehead atoms. The molecular formula is C16H20N2O3S. The number of nitrogens with zero attached hydrogens (tertiary/aromatic N) is 2. The fraction of sp³-hybridized carbons (Fsp3) is 0.562. The summed E-state index contributed by atoms with van der Waals surface area (Å²) < 4.78 is 27.7. The van der Waals surface area contributed by atoms with Crippen molar-refractivity contribution >= 4 is 15.9 Å². The van der Waals surface area contributed by atoms with Gasteiger partial charge in [-0.15, -0.1) is 0 Å². The van der Waals surface area contributed by atoms with Gasteiger partial charge in [0.15, 0.2) is 0 Å². The van der Waals surface area contributed by atoms with Crippen LogP contribution in [0.5, 0.6) is 0 Å². The Morgan fingerprint density at radius 1 is 1.32 bits per heavy atom. The molecule has 1 atom stereocenters. The number of fused-ring (bicyclic) bond motifs is 2. The second kappa shape index (κ2) is 4.55. The Morgan fingerprint density at radius 2 is 2.05 bits per heavy atom. The molecule has 1 unspecified atom stereocenters. The lowest BCUT2D eigenvalue weighted by molar-refractivity contribution is -0.128. The molecule has 4 rings (SSSR count). The lowest BCUT2D eigenvalue weighted by atomic mass is 9.88. The first-order valence-corrected chi connectivity index (χ1v) is 9.27. The molecule has 1 spiro atoms.